The van der Waals surface area contributed by atoms with Crippen LogP contribution in [0.5, 0.6) is 28.7 Å². The number of phenols is 3. The molecule has 128 valence electrons. The lowest BCUT2D eigenvalue weighted by atomic mass is 9.94. The van der Waals surface area contributed by atoms with E-state index in [9.17, 15) is 20.4 Å². The fraction of sp³-hybridized carbons (Fsp3) is 0.333. The first-order valence-electron chi connectivity index (χ1n) is 7.85. The van der Waals surface area contributed by atoms with Crippen LogP contribution in [0.15, 0.2) is 30.3 Å². The fourth-order valence-corrected chi connectivity index (χ4v) is 2.79. The van der Waals surface area contributed by atoms with Crippen LogP contribution in [0.2, 0.25) is 0 Å². The molecule has 0 fully saturated rings. The fourth-order valence-electron chi connectivity index (χ4n) is 2.79. The Kier molecular flexibility index (Phi) is 4.40. The van der Waals surface area contributed by atoms with E-state index in [1.165, 1.54) is 18.2 Å². The van der Waals surface area contributed by atoms with Crippen LogP contribution in [0.4, 0.5) is 0 Å². The van der Waals surface area contributed by atoms with E-state index in [2.05, 4.69) is 0 Å². The van der Waals surface area contributed by atoms with Gasteiger partial charge in [0.2, 0.25) is 0 Å². The van der Waals surface area contributed by atoms with Crippen LogP contribution in [-0.4, -0.2) is 33.1 Å². The van der Waals surface area contributed by atoms with Crippen molar-refractivity contribution in [3.63, 3.8) is 0 Å². The molecule has 0 amide bonds. The number of ether oxygens (including phenoxy) is 2. The highest BCUT2D eigenvalue weighted by molar-refractivity contribution is 5.52. The van der Waals surface area contributed by atoms with Gasteiger partial charge in [-0.15, -0.1) is 0 Å². The molecule has 1 aliphatic heterocycles. The molecule has 2 atom stereocenters. The van der Waals surface area contributed by atoms with E-state index >= 15 is 0 Å². The summed E-state index contributed by atoms with van der Waals surface area (Å²) in [5.74, 6) is 0.428. The Balaban J connectivity index is 1.88. The van der Waals surface area contributed by atoms with Gasteiger partial charge < -0.3 is 29.9 Å². The van der Waals surface area contributed by atoms with Crippen molar-refractivity contribution in [1.29, 1.82) is 0 Å². The lowest BCUT2D eigenvalue weighted by molar-refractivity contribution is 0.0197. The van der Waals surface area contributed by atoms with Gasteiger partial charge in [-0.05, 0) is 24.1 Å². The van der Waals surface area contributed by atoms with Crippen molar-refractivity contribution >= 4 is 0 Å². The van der Waals surface area contributed by atoms with Gasteiger partial charge in [0.05, 0.1) is 12.7 Å². The number of hydrogen-bond acceptors (Lipinski definition) is 6. The molecule has 1 heterocycles. The topological polar surface area (TPSA) is 99.4 Å². The second-order valence-corrected chi connectivity index (χ2v) is 5.83. The summed E-state index contributed by atoms with van der Waals surface area (Å²) in [5, 5.41) is 39.9. The molecule has 0 bridgehead atoms. The molecule has 0 spiro atoms. The van der Waals surface area contributed by atoms with Crippen LogP contribution in [-0.2, 0) is 6.42 Å². The molecule has 0 saturated carbocycles. The summed E-state index contributed by atoms with van der Waals surface area (Å²) >= 11 is 0. The molecule has 0 unspecified atom stereocenters. The Labute approximate surface area is 139 Å². The molecule has 0 saturated heterocycles. The first-order valence-corrected chi connectivity index (χ1v) is 7.85. The van der Waals surface area contributed by atoms with E-state index in [1.807, 2.05) is 6.92 Å². The van der Waals surface area contributed by atoms with Crippen LogP contribution in [0.3, 0.4) is 0 Å². The van der Waals surface area contributed by atoms with Gasteiger partial charge in [-0.1, -0.05) is 13.0 Å². The second kappa shape index (κ2) is 6.49. The summed E-state index contributed by atoms with van der Waals surface area (Å²) in [6.07, 6.45) is -0.601. The van der Waals surface area contributed by atoms with E-state index < -0.39 is 12.2 Å². The van der Waals surface area contributed by atoms with Gasteiger partial charge >= 0.3 is 0 Å². The highest BCUT2D eigenvalue weighted by atomic mass is 16.5. The number of phenolic OH excluding ortho intramolecular Hbond substituents is 3. The van der Waals surface area contributed by atoms with Gasteiger partial charge in [0.1, 0.15) is 23.4 Å². The van der Waals surface area contributed by atoms with Crippen molar-refractivity contribution in [3.05, 3.63) is 41.5 Å². The molecular weight excluding hydrogens is 312 g/mol. The standard InChI is InChI=1S/C18H20O6/c1-2-5-23-16-4-3-10(6-14(16)21)18-15(22)9-12-13(20)7-11(19)8-17(12)24-18/h3-4,6-8,15,18-22H,2,5,9H2,1H3/t15-,18-/m1/s1. The normalized spacial score (nSPS) is 19.4. The summed E-state index contributed by atoms with van der Waals surface area (Å²) < 4.78 is 11.2. The first kappa shape index (κ1) is 16.3. The molecule has 6 nitrogen and oxygen atoms in total. The van der Waals surface area contributed by atoms with Gasteiger partial charge in [0, 0.05) is 24.1 Å². The Morgan fingerprint density at radius 3 is 2.62 bits per heavy atom. The number of benzene rings is 2. The molecule has 2 aromatic rings. The number of aliphatic hydroxyl groups is 1. The third kappa shape index (κ3) is 3.05. The summed E-state index contributed by atoms with van der Waals surface area (Å²) in [6.45, 7) is 2.47. The SMILES string of the molecule is CCCOc1ccc([C@H]2Oc3cc(O)cc(O)c3C[C@H]2O)cc1O. The van der Waals surface area contributed by atoms with E-state index in [1.54, 1.807) is 12.1 Å². The summed E-state index contributed by atoms with van der Waals surface area (Å²) in [6, 6.07) is 7.44. The van der Waals surface area contributed by atoms with E-state index in [4.69, 9.17) is 9.47 Å². The van der Waals surface area contributed by atoms with Crippen LogP contribution in [0, 0.1) is 0 Å². The molecule has 6 heteroatoms. The Morgan fingerprint density at radius 1 is 1.12 bits per heavy atom. The van der Waals surface area contributed by atoms with Crippen LogP contribution in [0.1, 0.15) is 30.6 Å². The highest BCUT2D eigenvalue weighted by Crippen LogP contribution is 2.42. The van der Waals surface area contributed by atoms with Gasteiger partial charge in [0.15, 0.2) is 11.5 Å². The quantitative estimate of drug-likeness (QED) is 0.687. The zero-order valence-corrected chi connectivity index (χ0v) is 13.3. The van der Waals surface area contributed by atoms with Gasteiger partial charge in [0.25, 0.3) is 0 Å². The minimum atomic E-state index is -0.894. The molecule has 0 radical (unpaired) electrons. The van der Waals surface area contributed by atoms with Crippen molar-refractivity contribution in [2.24, 2.45) is 0 Å². The predicted octanol–water partition coefficient (Wildman–Crippen LogP) is 2.63. The van der Waals surface area contributed by atoms with E-state index in [0.29, 0.717) is 29.2 Å². The van der Waals surface area contributed by atoms with Gasteiger partial charge in [-0.25, -0.2) is 0 Å². The molecule has 2 aromatic carbocycles. The Hall–Kier alpha value is -2.60. The number of rotatable bonds is 4. The summed E-state index contributed by atoms with van der Waals surface area (Å²) in [4.78, 5) is 0. The number of fused-ring (bicyclic) bond motifs is 1. The molecule has 0 aromatic heterocycles. The zero-order valence-electron chi connectivity index (χ0n) is 13.3. The van der Waals surface area contributed by atoms with E-state index in [0.717, 1.165) is 6.42 Å². The summed E-state index contributed by atoms with van der Waals surface area (Å²) in [5.41, 5.74) is 1.03. The van der Waals surface area contributed by atoms with Gasteiger partial charge in [-0.2, -0.15) is 0 Å². The molecular formula is C18H20O6. The summed E-state index contributed by atoms with van der Waals surface area (Å²) in [7, 11) is 0. The molecule has 4 N–H and O–H groups in total. The predicted molar refractivity (Wildman–Crippen MR) is 86.7 cm³/mol. The molecule has 3 rings (SSSR count). The van der Waals surface area contributed by atoms with Crippen LogP contribution >= 0.6 is 0 Å². The van der Waals surface area contributed by atoms with Crippen molar-refractivity contribution in [3.8, 4) is 28.7 Å². The van der Waals surface area contributed by atoms with E-state index in [-0.39, 0.29) is 23.7 Å². The van der Waals surface area contributed by atoms with Crippen molar-refractivity contribution in [1.82, 2.24) is 0 Å². The second-order valence-electron chi connectivity index (χ2n) is 5.83. The van der Waals surface area contributed by atoms with Crippen molar-refractivity contribution < 1.29 is 29.9 Å². The molecule has 0 aliphatic carbocycles. The number of hydrogen-bond donors (Lipinski definition) is 4. The zero-order chi connectivity index (χ0) is 17.3. The largest absolute Gasteiger partial charge is 0.508 e. The smallest absolute Gasteiger partial charge is 0.160 e. The highest BCUT2D eigenvalue weighted by Gasteiger charge is 2.32. The Morgan fingerprint density at radius 2 is 1.92 bits per heavy atom. The molecule has 1 aliphatic rings. The Bertz CT molecular complexity index is 743. The van der Waals surface area contributed by atoms with Crippen LogP contribution in [0.25, 0.3) is 0 Å². The van der Waals surface area contributed by atoms with Gasteiger partial charge in [-0.3, -0.25) is 0 Å². The number of aromatic hydroxyl groups is 3. The lowest BCUT2D eigenvalue weighted by Gasteiger charge is -2.31. The lowest BCUT2D eigenvalue weighted by Crippen LogP contribution is -2.30. The third-order valence-electron chi connectivity index (χ3n) is 3.96. The molecule has 24 heavy (non-hydrogen) atoms. The first-order chi connectivity index (χ1) is 11.5. The maximum absolute atomic E-state index is 10.4. The minimum absolute atomic E-state index is 0.0266. The minimum Gasteiger partial charge on any atom is -0.508 e. The monoisotopic (exact) mass is 332 g/mol. The average Bonchev–Trinajstić information content (AvgIpc) is 2.54. The maximum Gasteiger partial charge on any atom is 0.160 e. The van der Waals surface area contributed by atoms with Crippen molar-refractivity contribution in [2.75, 3.05) is 6.61 Å². The maximum atomic E-state index is 10.4. The average molecular weight is 332 g/mol. The van der Waals surface area contributed by atoms with Crippen LogP contribution < -0.4 is 9.47 Å². The number of aliphatic hydroxyl groups excluding tert-OH is 1. The van der Waals surface area contributed by atoms with Crippen molar-refractivity contribution in [2.45, 2.75) is 32.0 Å². The third-order valence-corrected chi connectivity index (χ3v) is 3.96.